The van der Waals surface area contributed by atoms with Crippen LogP contribution in [-0.2, 0) is 22.9 Å². The second-order valence-electron chi connectivity index (χ2n) is 3.82. The molecule has 2 N–H and O–H groups in total. The van der Waals surface area contributed by atoms with Gasteiger partial charge in [0.1, 0.15) is 4.21 Å². The number of aliphatic hydroxyl groups is 1. The first kappa shape index (κ1) is 14.6. The van der Waals surface area contributed by atoms with E-state index in [-0.39, 0.29) is 10.8 Å². The van der Waals surface area contributed by atoms with Crippen LogP contribution < -0.4 is 4.72 Å². The van der Waals surface area contributed by atoms with E-state index in [4.69, 9.17) is 5.11 Å². The summed E-state index contributed by atoms with van der Waals surface area (Å²) in [4.78, 5) is 4.96. The zero-order chi connectivity index (χ0) is 13.7. The van der Waals surface area contributed by atoms with Gasteiger partial charge in [0.05, 0.1) is 11.2 Å². The van der Waals surface area contributed by atoms with Gasteiger partial charge in [0.15, 0.2) is 0 Å². The van der Waals surface area contributed by atoms with E-state index in [0.717, 1.165) is 10.6 Å². The number of hydrogen-bond acceptors (Lipinski definition) is 6. The number of nitrogens with one attached hydrogen (secondary N) is 1. The van der Waals surface area contributed by atoms with Crippen molar-refractivity contribution in [3.05, 3.63) is 33.6 Å². The molecule has 0 aromatic carbocycles. The first-order valence-corrected chi connectivity index (χ1v) is 8.92. The van der Waals surface area contributed by atoms with E-state index < -0.39 is 10.0 Å². The maximum atomic E-state index is 12.0. The molecule has 0 aliphatic carbocycles. The predicted octanol–water partition coefficient (Wildman–Crippen LogP) is 1.26. The Morgan fingerprint density at radius 2 is 2.16 bits per heavy atom. The van der Waals surface area contributed by atoms with Crippen molar-refractivity contribution >= 4 is 32.7 Å². The number of sulfonamides is 1. The minimum absolute atomic E-state index is 0.0251. The fourth-order valence-electron chi connectivity index (χ4n) is 1.49. The van der Waals surface area contributed by atoms with Crippen LogP contribution in [0.1, 0.15) is 10.6 Å². The van der Waals surface area contributed by atoms with Crippen LogP contribution in [0, 0.1) is 0 Å². The Kier molecular flexibility index (Phi) is 5.06. The molecule has 0 spiro atoms. The SMILES string of the molecule is O=S(=O)(NCCc1cscn1)c1ccc(CCO)s1. The fraction of sp³-hybridized carbons (Fsp3) is 0.364. The second-order valence-corrected chi connectivity index (χ2v) is 7.70. The molecular weight excluding hydrogens is 304 g/mol. The summed E-state index contributed by atoms with van der Waals surface area (Å²) in [5.41, 5.74) is 2.62. The monoisotopic (exact) mass is 318 g/mol. The van der Waals surface area contributed by atoms with Gasteiger partial charge in [-0.1, -0.05) is 0 Å². The average Bonchev–Trinajstić information content (AvgIpc) is 3.00. The molecule has 0 aliphatic heterocycles. The fourth-order valence-corrected chi connectivity index (χ4v) is 4.51. The van der Waals surface area contributed by atoms with Crippen LogP contribution in [0.4, 0.5) is 0 Å². The predicted molar refractivity (Wildman–Crippen MR) is 76.1 cm³/mol. The highest BCUT2D eigenvalue weighted by atomic mass is 32.2. The van der Waals surface area contributed by atoms with Gasteiger partial charge < -0.3 is 5.11 Å². The summed E-state index contributed by atoms with van der Waals surface area (Å²) in [7, 11) is -3.45. The zero-order valence-corrected chi connectivity index (χ0v) is 12.5. The van der Waals surface area contributed by atoms with Crippen LogP contribution in [-0.4, -0.2) is 31.7 Å². The Hall–Kier alpha value is -0.800. The summed E-state index contributed by atoms with van der Waals surface area (Å²) in [6.45, 7) is 0.358. The first-order chi connectivity index (χ1) is 9.12. The van der Waals surface area contributed by atoms with Gasteiger partial charge in [-0.15, -0.1) is 22.7 Å². The molecule has 0 amide bonds. The lowest BCUT2D eigenvalue weighted by atomic mass is 10.3. The van der Waals surface area contributed by atoms with Crippen molar-refractivity contribution in [1.82, 2.24) is 9.71 Å². The third-order valence-corrected chi connectivity index (χ3v) is 6.15. The van der Waals surface area contributed by atoms with E-state index in [1.165, 1.54) is 22.7 Å². The Morgan fingerprint density at radius 1 is 1.32 bits per heavy atom. The average molecular weight is 318 g/mol. The molecule has 2 aromatic rings. The molecule has 5 nitrogen and oxygen atoms in total. The van der Waals surface area contributed by atoms with E-state index in [1.807, 2.05) is 5.38 Å². The van der Waals surface area contributed by atoms with E-state index in [0.29, 0.717) is 19.4 Å². The Labute approximate surface area is 120 Å². The summed E-state index contributed by atoms with van der Waals surface area (Å²) in [6, 6.07) is 3.30. The topological polar surface area (TPSA) is 79.3 Å². The number of thiazole rings is 1. The Balaban J connectivity index is 1.93. The molecule has 0 unspecified atom stereocenters. The van der Waals surface area contributed by atoms with Gasteiger partial charge in [0, 0.05) is 36.3 Å². The molecule has 0 saturated carbocycles. The highest BCUT2D eigenvalue weighted by Crippen LogP contribution is 2.21. The van der Waals surface area contributed by atoms with Crippen LogP contribution in [0.5, 0.6) is 0 Å². The van der Waals surface area contributed by atoms with Crippen molar-refractivity contribution in [3.8, 4) is 0 Å². The minimum Gasteiger partial charge on any atom is -0.396 e. The third kappa shape index (κ3) is 4.08. The molecule has 0 saturated heterocycles. The number of hydrogen-bond donors (Lipinski definition) is 2. The molecule has 0 fully saturated rings. The van der Waals surface area contributed by atoms with Crippen molar-refractivity contribution < 1.29 is 13.5 Å². The lowest BCUT2D eigenvalue weighted by Gasteiger charge is -2.03. The molecule has 2 heterocycles. The molecule has 0 aliphatic rings. The normalized spacial score (nSPS) is 11.8. The van der Waals surface area contributed by atoms with Gasteiger partial charge in [-0.05, 0) is 12.1 Å². The van der Waals surface area contributed by atoms with Crippen molar-refractivity contribution in [2.75, 3.05) is 13.2 Å². The molecule has 8 heteroatoms. The summed E-state index contributed by atoms with van der Waals surface area (Å²) in [5.74, 6) is 0. The van der Waals surface area contributed by atoms with Crippen LogP contribution >= 0.6 is 22.7 Å². The number of rotatable bonds is 7. The number of nitrogens with zero attached hydrogens (tertiary/aromatic N) is 1. The highest BCUT2D eigenvalue weighted by Gasteiger charge is 2.16. The molecular formula is C11H14N2O3S3. The molecule has 0 atom stereocenters. The lowest BCUT2D eigenvalue weighted by molar-refractivity contribution is 0.300. The third-order valence-electron chi connectivity index (χ3n) is 2.42. The van der Waals surface area contributed by atoms with Gasteiger partial charge in [-0.25, -0.2) is 18.1 Å². The van der Waals surface area contributed by atoms with Gasteiger partial charge in [0.2, 0.25) is 10.0 Å². The van der Waals surface area contributed by atoms with Gasteiger partial charge in [-0.3, -0.25) is 0 Å². The highest BCUT2D eigenvalue weighted by molar-refractivity contribution is 7.91. The van der Waals surface area contributed by atoms with Crippen LogP contribution in [0.15, 0.2) is 27.2 Å². The number of aromatic nitrogens is 1. The van der Waals surface area contributed by atoms with Gasteiger partial charge in [-0.2, -0.15) is 0 Å². The second kappa shape index (κ2) is 6.58. The van der Waals surface area contributed by atoms with E-state index in [9.17, 15) is 8.42 Å². The van der Waals surface area contributed by atoms with E-state index in [1.54, 1.807) is 17.6 Å². The number of aliphatic hydroxyl groups excluding tert-OH is 1. The molecule has 19 heavy (non-hydrogen) atoms. The van der Waals surface area contributed by atoms with Crippen molar-refractivity contribution in [2.45, 2.75) is 17.1 Å². The van der Waals surface area contributed by atoms with E-state index >= 15 is 0 Å². The maximum Gasteiger partial charge on any atom is 0.250 e. The van der Waals surface area contributed by atoms with Crippen molar-refractivity contribution in [2.24, 2.45) is 0 Å². The summed E-state index contributed by atoms with van der Waals surface area (Å²) >= 11 is 2.68. The Morgan fingerprint density at radius 3 is 2.84 bits per heavy atom. The first-order valence-electron chi connectivity index (χ1n) is 5.68. The van der Waals surface area contributed by atoms with Crippen LogP contribution in [0.25, 0.3) is 0 Å². The van der Waals surface area contributed by atoms with Crippen molar-refractivity contribution in [3.63, 3.8) is 0 Å². The van der Waals surface area contributed by atoms with Crippen molar-refractivity contribution in [1.29, 1.82) is 0 Å². The number of thiophene rings is 1. The minimum atomic E-state index is -3.45. The lowest BCUT2D eigenvalue weighted by Crippen LogP contribution is -2.25. The molecule has 0 radical (unpaired) electrons. The molecule has 0 bridgehead atoms. The molecule has 104 valence electrons. The molecule has 2 aromatic heterocycles. The summed E-state index contributed by atoms with van der Waals surface area (Å²) in [6.07, 6.45) is 1.07. The quantitative estimate of drug-likeness (QED) is 0.805. The smallest absolute Gasteiger partial charge is 0.250 e. The Bertz CT molecular complexity index is 605. The summed E-state index contributed by atoms with van der Waals surface area (Å²) < 4.78 is 26.8. The van der Waals surface area contributed by atoms with Crippen LogP contribution in [0.3, 0.4) is 0 Å². The largest absolute Gasteiger partial charge is 0.396 e. The van der Waals surface area contributed by atoms with Crippen LogP contribution in [0.2, 0.25) is 0 Å². The summed E-state index contributed by atoms with van der Waals surface area (Å²) in [5, 5.41) is 10.7. The van der Waals surface area contributed by atoms with Gasteiger partial charge >= 0.3 is 0 Å². The molecule has 2 rings (SSSR count). The van der Waals surface area contributed by atoms with E-state index in [2.05, 4.69) is 9.71 Å². The standard InChI is InChI=1S/C11H14N2O3S3/c14-6-4-10-1-2-11(18-10)19(15,16)13-5-3-9-7-17-8-12-9/h1-2,7-8,13-14H,3-6H2. The zero-order valence-electron chi connectivity index (χ0n) is 10.1. The van der Waals surface area contributed by atoms with Gasteiger partial charge in [0.25, 0.3) is 0 Å². The maximum absolute atomic E-state index is 12.0.